The fourth-order valence-electron chi connectivity index (χ4n) is 1.04. The van der Waals surface area contributed by atoms with Crippen molar-refractivity contribution in [1.29, 1.82) is 0 Å². The smallest absolute Gasteiger partial charge is 0.322 e. The lowest BCUT2D eigenvalue weighted by Gasteiger charge is -2.12. The van der Waals surface area contributed by atoms with Crippen LogP contribution < -0.4 is 9.44 Å². The van der Waals surface area contributed by atoms with Gasteiger partial charge in [0, 0.05) is 25.4 Å². The lowest BCUT2D eigenvalue weighted by atomic mass is 10.2. The van der Waals surface area contributed by atoms with E-state index >= 15 is 0 Å². The third-order valence-electron chi connectivity index (χ3n) is 1.84. The summed E-state index contributed by atoms with van der Waals surface area (Å²) >= 11 is 0. The first-order chi connectivity index (χ1) is 7.44. The molecule has 9 heteroatoms. The van der Waals surface area contributed by atoms with Crippen molar-refractivity contribution in [3.8, 4) is 0 Å². The second-order valence-corrected chi connectivity index (χ2v) is 4.65. The second-order valence-electron chi connectivity index (χ2n) is 3.00. The van der Waals surface area contributed by atoms with E-state index in [1.807, 2.05) is 9.44 Å². The number of nitrogens with zero attached hydrogens (tertiary/aromatic N) is 1. The van der Waals surface area contributed by atoms with E-state index in [9.17, 15) is 13.2 Å². The fourth-order valence-corrected chi connectivity index (χ4v) is 1.72. The largest absolute Gasteiger partial charge is 0.480 e. The number of aromatic amines is 1. The lowest BCUT2D eigenvalue weighted by Crippen LogP contribution is -2.46. The third-order valence-corrected chi connectivity index (χ3v) is 2.98. The molecule has 0 saturated heterocycles. The van der Waals surface area contributed by atoms with Crippen molar-refractivity contribution >= 4 is 16.2 Å². The van der Waals surface area contributed by atoms with E-state index < -0.39 is 22.2 Å². The zero-order valence-corrected chi connectivity index (χ0v) is 9.28. The summed E-state index contributed by atoms with van der Waals surface area (Å²) in [5.74, 6) is -1.26. The molecule has 1 aromatic heterocycles. The van der Waals surface area contributed by atoms with Crippen LogP contribution in [-0.4, -0.2) is 42.6 Å². The molecule has 0 amide bonds. The number of hydrogen-bond acceptors (Lipinski definition) is 4. The van der Waals surface area contributed by atoms with Gasteiger partial charge in [0.2, 0.25) is 0 Å². The van der Waals surface area contributed by atoms with Crippen molar-refractivity contribution in [2.75, 3.05) is 7.05 Å². The second kappa shape index (κ2) is 5.05. The Hall–Kier alpha value is -1.45. The van der Waals surface area contributed by atoms with Gasteiger partial charge in [0.1, 0.15) is 6.04 Å². The van der Waals surface area contributed by atoms with Gasteiger partial charge in [-0.1, -0.05) is 0 Å². The van der Waals surface area contributed by atoms with E-state index in [0.29, 0.717) is 5.69 Å². The normalized spacial score (nSPS) is 13.6. The molecule has 0 saturated carbocycles. The van der Waals surface area contributed by atoms with Gasteiger partial charge < -0.3 is 10.1 Å². The molecule has 1 aromatic rings. The minimum Gasteiger partial charge on any atom is -0.480 e. The lowest BCUT2D eigenvalue weighted by molar-refractivity contribution is -0.138. The van der Waals surface area contributed by atoms with E-state index in [1.54, 1.807) is 0 Å². The molecule has 0 radical (unpaired) electrons. The van der Waals surface area contributed by atoms with Crippen LogP contribution in [0, 0.1) is 0 Å². The number of imidazole rings is 1. The summed E-state index contributed by atoms with van der Waals surface area (Å²) in [5, 5.41) is 8.84. The van der Waals surface area contributed by atoms with Gasteiger partial charge in [0.25, 0.3) is 10.2 Å². The summed E-state index contributed by atoms with van der Waals surface area (Å²) in [6.07, 6.45) is 2.82. The first-order valence-corrected chi connectivity index (χ1v) is 5.84. The third kappa shape index (κ3) is 3.61. The maximum absolute atomic E-state index is 11.1. The van der Waals surface area contributed by atoms with Gasteiger partial charge in [0.15, 0.2) is 0 Å². The highest BCUT2D eigenvalue weighted by Gasteiger charge is 2.23. The number of carboxylic acids is 1. The number of H-pyrrole nitrogens is 1. The van der Waals surface area contributed by atoms with Gasteiger partial charge >= 0.3 is 5.97 Å². The van der Waals surface area contributed by atoms with Gasteiger partial charge in [0.05, 0.1) is 6.33 Å². The van der Waals surface area contributed by atoms with Crippen LogP contribution in [0.25, 0.3) is 0 Å². The first-order valence-electron chi connectivity index (χ1n) is 4.35. The molecule has 0 bridgehead atoms. The number of aliphatic carboxylic acids is 1. The van der Waals surface area contributed by atoms with Crippen LogP contribution in [-0.2, 0) is 21.4 Å². The standard InChI is InChI=1S/C7H12N4O4S/c1-8-16(14,15)11-6(7(12)13)2-5-3-9-4-10-5/h3-4,6,8,11H,2H2,1H3,(H,9,10)(H,12,13). The SMILES string of the molecule is CNS(=O)(=O)NC(Cc1cnc[nH]1)C(=O)O. The van der Waals surface area contributed by atoms with Gasteiger partial charge in [-0.05, 0) is 0 Å². The van der Waals surface area contributed by atoms with Crippen LogP contribution in [0.2, 0.25) is 0 Å². The summed E-state index contributed by atoms with van der Waals surface area (Å²) in [4.78, 5) is 17.2. The Labute approximate surface area is 92.3 Å². The Morgan fingerprint density at radius 3 is 2.81 bits per heavy atom. The topological polar surface area (TPSA) is 124 Å². The average Bonchev–Trinajstić information content (AvgIpc) is 2.69. The number of carbonyl (C=O) groups is 1. The van der Waals surface area contributed by atoms with Crippen molar-refractivity contribution in [2.24, 2.45) is 0 Å². The quantitative estimate of drug-likeness (QED) is 0.485. The molecular formula is C7H12N4O4S. The van der Waals surface area contributed by atoms with E-state index in [-0.39, 0.29) is 6.42 Å². The monoisotopic (exact) mass is 248 g/mol. The van der Waals surface area contributed by atoms with E-state index in [4.69, 9.17) is 5.11 Å². The first kappa shape index (κ1) is 12.6. The molecule has 4 N–H and O–H groups in total. The summed E-state index contributed by atoms with van der Waals surface area (Å²) in [7, 11) is -2.59. The van der Waals surface area contributed by atoms with Gasteiger partial charge in [-0.2, -0.15) is 13.1 Å². The minimum atomic E-state index is -3.78. The average molecular weight is 248 g/mol. The number of rotatable bonds is 6. The summed E-state index contributed by atoms with van der Waals surface area (Å²) in [5.41, 5.74) is 0.534. The highest BCUT2D eigenvalue weighted by Crippen LogP contribution is 1.99. The molecule has 0 aliphatic heterocycles. The Bertz CT molecular complexity index is 441. The number of hydrogen-bond donors (Lipinski definition) is 4. The molecular weight excluding hydrogens is 236 g/mol. The van der Waals surface area contributed by atoms with Crippen LogP contribution in [0.15, 0.2) is 12.5 Å². The molecule has 1 heterocycles. The number of aromatic nitrogens is 2. The maximum Gasteiger partial charge on any atom is 0.322 e. The number of nitrogens with one attached hydrogen (secondary N) is 3. The molecule has 0 fully saturated rings. The van der Waals surface area contributed by atoms with Crippen LogP contribution in [0.4, 0.5) is 0 Å². The zero-order valence-electron chi connectivity index (χ0n) is 8.47. The predicted molar refractivity (Wildman–Crippen MR) is 54.8 cm³/mol. The van der Waals surface area contributed by atoms with Crippen molar-refractivity contribution in [3.63, 3.8) is 0 Å². The molecule has 16 heavy (non-hydrogen) atoms. The molecule has 1 atom stereocenters. The summed E-state index contributed by atoms with van der Waals surface area (Å²) in [6, 6.07) is -1.24. The van der Waals surface area contributed by atoms with Crippen LogP contribution in [0.3, 0.4) is 0 Å². The molecule has 1 unspecified atom stereocenters. The van der Waals surface area contributed by atoms with Crippen molar-refractivity contribution in [2.45, 2.75) is 12.5 Å². The molecule has 90 valence electrons. The van der Waals surface area contributed by atoms with Crippen molar-refractivity contribution in [1.82, 2.24) is 19.4 Å². The highest BCUT2D eigenvalue weighted by atomic mass is 32.2. The molecule has 0 spiro atoms. The fraction of sp³-hybridized carbons (Fsp3) is 0.429. The van der Waals surface area contributed by atoms with Crippen LogP contribution in [0.5, 0.6) is 0 Å². The Morgan fingerprint density at radius 1 is 1.69 bits per heavy atom. The van der Waals surface area contributed by atoms with Gasteiger partial charge in [-0.25, -0.2) is 9.71 Å². The van der Waals surface area contributed by atoms with Crippen molar-refractivity contribution in [3.05, 3.63) is 18.2 Å². The Kier molecular flexibility index (Phi) is 3.99. The molecule has 0 aliphatic carbocycles. The van der Waals surface area contributed by atoms with Gasteiger partial charge in [-0.3, -0.25) is 4.79 Å². The molecule has 1 rings (SSSR count). The van der Waals surface area contributed by atoms with E-state index in [1.165, 1.54) is 19.6 Å². The number of carboxylic acid groups (broad SMARTS) is 1. The zero-order chi connectivity index (χ0) is 12.2. The summed E-state index contributed by atoms with van der Waals surface area (Å²) in [6.45, 7) is 0. The van der Waals surface area contributed by atoms with Crippen LogP contribution >= 0.6 is 0 Å². The minimum absolute atomic E-state index is 0.00373. The molecule has 0 aromatic carbocycles. The van der Waals surface area contributed by atoms with E-state index in [2.05, 4.69) is 9.97 Å². The Morgan fingerprint density at radius 2 is 2.38 bits per heavy atom. The maximum atomic E-state index is 11.1. The molecule has 8 nitrogen and oxygen atoms in total. The van der Waals surface area contributed by atoms with E-state index in [0.717, 1.165) is 0 Å². The highest BCUT2D eigenvalue weighted by molar-refractivity contribution is 7.87. The summed E-state index contributed by atoms with van der Waals surface area (Å²) < 4.78 is 26.2. The van der Waals surface area contributed by atoms with Crippen LogP contribution in [0.1, 0.15) is 5.69 Å². The predicted octanol–water partition coefficient (Wildman–Crippen LogP) is -1.54. The Balaban J connectivity index is 2.73. The molecule has 0 aliphatic rings. The van der Waals surface area contributed by atoms with Crippen molar-refractivity contribution < 1.29 is 18.3 Å². The van der Waals surface area contributed by atoms with Gasteiger partial charge in [-0.15, -0.1) is 0 Å².